The van der Waals surface area contributed by atoms with Gasteiger partial charge in [0.2, 0.25) is 5.91 Å². The number of carbonyl (C=O) groups is 1. The Balaban J connectivity index is 0.00000289. The topological polar surface area (TPSA) is 49.6 Å². The van der Waals surface area contributed by atoms with Crippen molar-refractivity contribution in [2.75, 3.05) is 26.2 Å². The normalized spacial score (nSPS) is 21.3. The Morgan fingerprint density at radius 2 is 1.94 bits per heavy atom. The summed E-state index contributed by atoms with van der Waals surface area (Å²) in [5.74, 6) is 0.338. The molecular weight excluding hydrogens is 250 g/mol. The molecule has 1 saturated heterocycles. The van der Waals surface area contributed by atoms with Crippen LogP contribution in [0.3, 0.4) is 0 Å². The molecule has 2 atom stereocenters. The number of nitrogens with two attached hydrogens (primary N) is 1. The summed E-state index contributed by atoms with van der Waals surface area (Å²) < 4.78 is 0. The summed E-state index contributed by atoms with van der Waals surface area (Å²) in [7, 11) is 0. The van der Waals surface area contributed by atoms with Crippen molar-refractivity contribution in [1.29, 1.82) is 0 Å². The monoisotopic (exact) mass is 277 g/mol. The Bertz CT molecular complexity index is 257. The maximum Gasteiger partial charge on any atom is 0.239 e. The first-order valence-electron chi connectivity index (χ1n) is 6.79. The molecule has 18 heavy (non-hydrogen) atoms. The molecule has 0 aromatic heterocycles. The summed E-state index contributed by atoms with van der Waals surface area (Å²) >= 11 is 0. The third-order valence-electron chi connectivity index (χ3n) is 3.81. The third-order valence-corrected chi connectivity index (χ3v) is 3.81. The van der Waals surface area contributed by atoms with Gasteiger partial charge in [0.25, 0.3) is 0 Å². The Hall–Kier alpha value is -0.320. The predicted molar refractivity (Wildman–Crippen MR) is 78.0 cm³/mol. The molecule has 0 bridgehead atoms. The molecule has 4 nitrogen and oxygen atoms in total. The minimum Gasteiger partial charge on any atom is -0.340 e. The van der Waals surface area contributed by atoms with Gasteiger partial charge in [0.05, 0.1) is 6.04 Å². The van der Waals surface area contributed by atoms with E-state index in [0.29, 0.717) is 6.04 Å². The van der Waals surface area contributed by atoms with Crippen LogP contribution >= 0.6 is 12.4 Å². The van der Waals surface area contributed by atoms with Crippen molar-refractivity contribution < 1.29 is 4.79 Å². The molecule has 108 valence electrons. The highest BCUT2D eigenvalue weighted by Crippen LogP contribution is 2.17. The van der Waals surface area contributed by atoms with Crippen LogP contribution in [0.4, 0.5) is 0 Å². The van der Waals surface area contributed by atoms with Gasteiger partial charge in [-0.2, -0.15) is 0 Å². The lowest BCUT2D eigenvalue weighted by molar-refractivity contribution is -0.132. The Morgan fingerprint density at radius 3 is 2.39 bits per heavy atom. The third kappa shape index (κ3) is 4.11. The molecule has 1 amide bonds. The highest BCUT2D eigenvalue weighted by atomic mass is 35.5. The summed E-state index contributed by atoms with van der Waals surface area (Å²) in [6, 6.07) is 0.179. The fourth-order valence-electron chi connectivity index (χ4n) is 2.48. The van der Waals surface area contributed by atoms with E-state index in [2.05, 4.69) is 18.7 Å². The van der Waals surface area contributed by atoms with Crippen molar-refractivity contribution in [3.05, 3.63) is 0 Å². The summed E-state index contributed by atoms with van der Waals surface area (Å²) in [6.07, 6.45) is 1.08. The number of nitrogens with zero attached hydrogens (tertiary/aromatic N) is 2. The zero-order chi connectivity index (χ0) is 13.0. The van der Waals surface area contributed by atoms with E-state index in [1.807, 2.05) is 18.7 Å². The average molecular weight is 278 g/mol. The van der Waals surface area contributed by atoms with Crippen LogP contribution in [-0.4, -0.2) is 54.0 Å². The van der Waals surface area contributed by atoms with Crippen LogP contribution in [0.1, 0.15) is 34.1 Å². The molecule has 1 heterocycles. The first-order valence-corrected chi connectivity index (χ1v) is 6.79. The Labute approximate surface area is 117 Å². The van der Waals surface area contributed by atoms with Gasteiger partial charge in [-0.3, -0.25) is 9.69 Å². The molecule has 0 aliphatic carbocycles. The number of amides is 1. The molecule has 1 rings (SSSR count). The Morgan fingerprint density at radius 1 is 1.39 bits per heavy atom. The molecule has 0 radical (unpaired) electrons. The summed E-state index contributed by atoms with van der Waals surface area (Å²) in [5.41, 5.74) is 5.92. The van der Waals surface area contributed by atoms with Gasteiger partial charge in [-0.05, 0) is 25.4 Å². The lowest BCUT2D eigenvalue weighted by atomic mass is 10.0. The zero-order valence-electron chi connectivity index (χ0n) is 12.1. The van der Waals surface area contributed by atoms with E-state index in [0.717, 1.165) is 32.6 Å². The van der Waals surface area contributed by atoms with Crippen molar-refractivity contribution in [2.45, 2.75) is 46.2 Å². The number of rotatable bonds is 5. The largest absolute Gasteiger partial charge is 0.340 e. The van der Waals surface area contributed by atoms with E-state index in [1.165, 1.54) is 0 Å². The number of halogens is 1. The van der Waals surface area contributed by atoms with Gasteiger partial charge in [-0.15, -0.1) is 12.4 Å². The van der Waals surface area contributed by atoms with Crippen LogP contribution < -0.4 is 5.73 Å². The lowest BCUT2D eigenvalue weighted by Gasteiger charge is -2.27. The summed E-state index contributed by atoms with van der Waals surface area (Å²) in [4.78, 5) is 16.5. The number of carbonyl (C=O) groups excluding carboxylic acids is 1. The van der Waals surface area contributed by atoms with Gasteiger partial charge >= 0.3 is 0 Å². The zero-order valence-corrected chi connectivity index (χ0v) is 12.9. The minimum absolute atomic E-state index is 0. The smallest absolute Gasteiger partial charge is 0.239 e. The van der Waals surface area contributed by atoms with Crippen LogP contribution in [0.2, 0.25) is 0 Å². The number of hydrogen-bond donors (Lipinski definition) is 1. The fraction of sp³-hybridized carbons (Fsp3) is 0.923. The fourth-order valence-corrected chi connectivity index (χ4v) is 2.48. The van der Waals surface area contributed by atoms with Crippen LogP contribution in [-0.2, 0) is 4.79 Å². The molecular formula is C13H28ClN3O. The van der Waals surface area contributed by atoms with Crippen molar-refractivity contribution in [1.82, 2.24) is 9.80 Å². The van der Waals surface area contributed by atoms with Gasteiger partial charge in [-0.25, -0.2) is 0 Å². The molecule has 5 heteroatoms. The van der Waals surface area contributed by atoms with Gasteiger partial charge in [0.1, 0.15) is 0 Å². The van der Waals surface area contributed by atoms with E-state index in [9.17, 15) is 4.79 Å². The minimum atomic E-state index is -0.342. The highest BCUT2D eigenvalue weighted by Gasteiger charge is 2.32. The number of hydrogen-bond acceptors (Lipinski definition) is 3. The molecule has 0 aromatic rings. The summed E-state index contributed by atoms with van der Waals surface area (Å²) in [6.45, 7) is 12.2. The van der Waals surface area contributed by atoms with Crippen LogP contribution in [0.15, 0.2) is 0 Å². The lowest BCUT2D eigenvalue weighted by Crippen LogP contribution is -2.47. The van der Waals surface area contributed by atoms with E-state index in [-0.39, 0.29) is 30.3 Å². The predicted octanol–water partition coefficient (Wildman–Crippen LogP) is 1.33. The van der Waals surface area contributed by atoms with Gasteiger partial charge in [-0.1, -0.05) is 27.7 Å². The van der Waals surface area contributed by atoms with Crippen LogP contribution in [0.5, 0.6) is 0 Å². The molecule has 1 aliphatic rings. The van der Waals surface area contributed by atoms with Crippen molar-refractivity contribution >= 4 is 18.3 Å². The first-order chi connectivity index (χ1) is 8.01. The van der Waals surface area contributed by atoms with Crippen LogP contribution in [0, 0.1) is 5.92 Å². The number of likely N-dealkylation sites (N-methyl/N-ethyl adjacent to an activating group) is 1. The first kappa shape index (κ1) is 17.7. The van der Waals surface area contributed by atoms with E-state index in [1.54, 1.807) is 0 Å². The van der Waals surface area contributed by atoms with Gasteiger partial charge < -0.3 is 10.6 Å². The van der Waals surface area contributed by atoms with Crippen molar-refractivity contribution in [2.24, 2.45) is 11.7 Å². The second-order valence-electron chi connectivity index (χ2n) is 5.22. The number of likely N-dealkylation sites (tertiary alicyclic amines) is 1. The van der Waals surface area contributed by atoms with Gasteiger partial charge in [0, 0.05) is 19.1 Å². The van der Waals surface area contributed by atoms with Crippen molar-refractivity contribution in [3.63, 3.8) is 0 Å². The molecule has 1 fully saturated rings. The molecule has 0 spiro atoms. The molecule has 2 N–H and O–H groups in total. The van der Waals surface area contributed by atoms with E-state index >= 15 is 0 Å². The summed E-state index contributed by atoms with van der Waals surface area (Å²) in [5, 5.41) is 0. The average Bonchev–Trinajstić information content (AvgIpc) is 2.78. The van der Waals surface area contributed by atoms with E-state index in [4.69, 9.17) is 5.73 Å². The van der Waals surface area contributed by atoms with Gasteiger partial charge in [0.15, 0.2) is 0 Å². The SMILES string of the molecule is CCN(CC)C1CCN(C(=O)[C@@H](N)C(C)C)C1.Cl. The second kappa shape index (κ2) is 7.97. The van der Waals surface area contributed by atoms with E-state index < -0.39 is 0 Å². The maximum absolute atomic E-state index is 12.1. The molecule has 0 aromatic carbocycles. The molecule has 0 saturated carbocycles. The maximum atomic E-state index is 12.1. The van der Waals surface area contributed by atoms with Crippen molar-refractivity contribution in [3.8, 4) is 0 Å². The van der Waals surface area contributed by atoms with Crippen LogP contribution in [0.25, 0.3) is 0 Å². The molecule has 1 unspecified atom stereocenters. The standard InChI is InChI=1S/C13H27N3O.ClH/c1-5-15(6-2)11-7-8-16(9-11)13(17)12(14)10(3)4;/h10-12H,5-9,14H2,1-4H3;1H/t11?,12-;/m0./s1. The second-order valence-corrected chi connectivity index (χ2v) is 5.22. The Kier molecular flexibility index (Phi) is 7.83. The highest BCUT2D eigenvalue weighted by molar-refractivity contribution is 5.85. The molecule has 1 aliphatic heterocycles. The quantitative estimate of drug-likeness (QED) is 0.825.